The van der Waals surface area contributed by atoms with Gasteiger partial charge in [0.15, 0.2) is 0 Å². The summed E-state index contributed by atoms with van der Waals surface area (Å²) < 4.78 is 5.31. The third-order valence-corrected chi connectivity index (χ3v) is 3.59. The minimum Gasteiger partial charge on any atom is -0.379 e. The zero-order valence-electron chi connectivity index (χ0n) is 11.7. The number of nitro benzene ring substituents is 1. The van der Waals surface area contributed by atoms with E-state index < -0.39 is 0 Å². The van der Waals surface area contributed by atoms with E-state index in [1.54, 1.807) is 12.1 Å². The molecule has 1 aliphatic rings. The van der Waals surface area contributed by atoms with Crippen LogP contribution in [0, 0.1) is 10.1 Å². The molecule has 1 aliphatic heterocycles. The van der Waals surface area contributed by atoms with Gasteiger partial charge in [-0.1, -0.05) is 12.1 Å². The molecule has 2 rings (SSSR count). The Balaban J connectivity index is 1.76. The smallest absolute Gasteiger partial charge is 0.269 e. The Bertz CT molecular complexity index is 430. The molecule has 110 valence electrons. The maximum Gasteiger partial charge on any atom is 0.269 e. The zero-order chi connectivity index (χ0) is 14.4. The molecule has 1 atom stereocenters. The van der Waals surface area contributed by atoms with Crippen LogP contribution in [-0.2, 0) is 4.74 Å². The van der Waals surface area contributed by atoms with Crippen molar-refractivity contribution in [2.45, 2.75) is 13.0 Å². The quantitative estimate of drug-likeness (QED) is 0.632. The van der Waals surface area contributed by atoms with Gasteiger partial charge in [0.2, 0.25) is 0 Å². The molecule has 0 amide bonds. The predicted molar refractivity (Wildman–Crippen MR) is 76.8 cm³/mol. The SMILES string of the molecule is CC(NCCN1CCOCC1)c1ccc([N+](=O)[O-])cc1. The first-order valence-corrected chi connectivity index (χ1v) is 6.94. The molecule has 1 heterocycles. The van der Waals surface area contributed by atoms with Crippen LogP contribution in [0.1, 0.15) is 18.5 Å². The lowest BCUT2D eigenvalue weighted by Gasteiger charge is -2.27. The van der Waals surface area contributed by atoms with Gasteiger partial charge in [0.05, 0.1) is 18.1 Å². The Kier molecular flexibility index (Phi) is 5.46. The van der Waals surface area contributed by atoms with Crippen molar-refractivity contribution in [3.63, 3.8) is 0 Å². The Labute approximate surface area is 118 Å². The first-order valence-electron chi connectivity index (χ1n) is 6.94. The third kappa shape index (κ3) is 4.26. The molecule has 20 heavy (non-hydrogen) atoms. The summed E-state index contributed by atoms with van der Waals surface area (Å²) in [6.45, 7) is 7.59. The number of non-ortho nitro benzene ring substituents is 1. The molecule has 1 saturated heterocycles. The molecule has 1 N–H and O–H groups in total. The topological polar surface area (TPSA) is 67.6 Å². The number of hydrogen-bond acceptors (Lipinski definition) is 5. The van der Waals surface area contributed by atoms with Gasteiger partial charge in [0.25, 0.3) is 5.69 Å². The summed E-state index contributed by atoms with van der Waals surface area (Å²) >= 11 is 0. The number of benzene rings is 1. The highest BCUT2D eigenvalue weighted by atomic mass is 16.6. The molecule has 0 bridgehead atoms. The molecule has 0 aliphatic carbocycles. The van der Waals surface area contributed by atoms with E-state index in [4.69, 9.17) is 4.74 Å². The van der Waals surface area contributed by atoms with Crippen LogP contribution in [-0.4, -0.2) is 49.2 Å². The number of nitrogens with zero attached hydrogens (tertiary/aromatic N) is 2. The third-order valence-electron chi connectivity index (χ3n) is 3.59. The average molecular weight is 279 g/mol. The molecule has 0 aromatic heterocycles. The van der Waals surface area contributed by atoms with E-state index in [1.807, 2.05) is 12.1 Å². The van der Waals surface area contributed by atoms with Crippen molar-refractivity contribution in [1.82, 2.24) is 10.2 Å². The highest BCUT2D eigenvalue weighted by molar-refractivity contribution is 5.33. The molecule has 1 aromatic rings. The fraction of sp³-hybridized carbons (Fsp3) is 0.571. The van der Waals surface area contributed by atoms with Gasteiger partial charge >= 0.3 is 0 Å². The second-order valence-electron chi connectivity index (χ2n) is 4.98. The van der Waals surface area contributed by atoms with Crippen LogP contribution in [0.15, 0.2) is 24.3 Å². The van der Waals surface area contributed by atoms with Crippen LogP contribution in [0.2, 0.25) is 0 Å². The van der Waals surface area contributed by atoms with E-state index in [-0.39, 0.29) is 16.7 Å². The van der Waals surface area contributed by atoms with Gasteiger partial charge in [0.1, 0.15) is 0 Å². The van der Waals surface area contributed by atoms with Gasteiger partial charge < -0.3 is 10.1 Å². The fourth-order valence-electron chi connectivity index (χ4n) is 2.27. The standard InChI is InChI=1S/C14H21N3O3/c1-12(13-2-4-14(5-3-13)17(18)19)15-6-7-16-8-10-20-11-9-16/h2-5,12,15H,6-11H2,1H3. The fourth-order valence-corrected chi connectivity index (χ4v) is 2.27. The van der Waals surface area contributed by atoms with Crippen molar-refractivity contribution in [3.05, 3.63) is 39.9 Å². The number of morpholine rings is 1. The summed E-state index contributed by atoms with van der Waals surface area (Å²) in [5.74, 6) is 0. The normalized spacial score (nSPS) is 17.9. The van der Waals surface area contributed by atoms with Crippen molar-refractivity contribution in [2.75, 3.05) is 39.4 Å². The molecular weight excluding hydrogens is 258 g/mol. The molecule has 1 unspecified atom stereocenters. The molecule has 1 aromatic carbocycles. The lowest BCUT2D eigenvalue weighted by Crippen LogP contribution is -2.40. The highest BCUT2D eigenvalue weighted by Crippen LogP contribution is 2.17. The second-order valence-corrected chi connectivity index (χ2v) is 4.98. The van der Waals surface area contributed by atoms with Crippen molar-refractivity contribution in [2.24, 2.45) is 0 Å². The minimum absolute atomic E-state index is 0.134. The minimum atomic E-state index is -0.375. The molecule has 0 spiro atoms. The van der Waals surface area contributed by atoms with Crippen LogP contribution >= 0.6 is 0 Å². The average Bonchev–Trinajstić information content (AvgIpc) is 2.48. The van der Waals surface area contributed by atoms with Crippen molar-refractivity contribution in [1.29, 1.82) is 0 Å². The monoisotopic (exact) mass is 279 g/mol. The highest BCUT2D eigenvalue weighted by Gasteiger charge is 2.11. The first kappa shape index (κ1) is 14.9. The molecular formula is C14H21N3O3. The molecule has 6 heteroatoms. The first-order chi connectivity index (χ1) is 9.66. The number of nitrogens with one attached hydrogen (secondary N) is 1. The van der Waals surface area contributed by atoms with Crippen molar-refractivity contribution < 1.29 is 9.66 Å². The van der Waals surface area contributed by atoms with E-state index in [9.17, 15) is 10.1 Å². The summed E-state index contributed by atoms with van der Waals surface area (Å²) in [5, 5.41) is 14.0. The Morgan fingerprint density at radius 1 is 1.35 bits per heavy atom. The number of hydrogen-bond donors (Lipinski definition) is 1. The Morgan fingerprint density at radius 3 is 2.60 bits per heavy atom. The summed E-state index contributed by atoms with van der Waals surface area (Å²) in [7, 11) is 0. The number of ether oxygens (including phenoxy) is 1. The summed E-state index contributed by atoms with van der Waals surface area (Å²) in [6.07, 6.45) is 0. The van der Waals surface area contributed by atoms with Crippen LogP contribution < -0.4 is 5.32 Å². The molecule has 0 saturated carbocycles. The lowest BCUT2D eigenvalue weighted by atomic mass is 10.1. The maximum absolute atomic E-state index is 10.6. The van der Waals surface area contributed by atoms with Gasteiger partial charge in [-0.05, 0) is 12.5 Å². The maximum atomic E-state index is 10.6. The lowest BCUT2D eigenvalue weighted by molar-refractivity contribution is -0.384. The molecule has 1 fully saturated rings. The van der Waals surface area contributed by atoms with Crippen LogP contribution in [0.4, 0.5) is 5.69 Å². The van der Waals surface area contributed by atoms with Gasteiger partial charge in [-0.15, -0.1) is 0 Å². The van der Waals surface area contributed by atoms with Crippen molar-refractivity contribution in [3.8, 4) is 0 Å². The number of nitro groups is 1. The van der Waals surface area contributed by atoms with Crippen LogP contribution in [0.25, 0.3) is 0 Å². The zero-order valence-corrected chi connectivity index (χ0v) is 11.7. The molecule has 6 nitrogen and oxygen atoms in total. The summed E-state index contributed by atoms with van der Waals surface area (Å²) in [5.41, 5.74) is 1.20. The van der Waals surface area contributed by atoms with E-state index in [1.165, 1.54) is 0 Å². The van der Waals surface area contributed by atoms with Gasteiger partial charge in [-0.25, -0.2) is 0 Å². The van der Waals surface area contributed by atoms with Crippen molar-refractivity contribution >= 4 is 5.69 Å². The largest absolute Gasteiger partial charge is 0.379 e. The molecule has 0 radical (unpaired) electrons. The summed E-state index contributed by atoms with van der Waals surface area (Å²) in [6, 6.07) is 6.91. The van der Waals surface area contributed by atoms with E-state index in [0.29, 0.717) is 0 Å². The van der Waals surface area contributed by atoms with Gasteiger partial charge in [0, 0.05) is 44.4 Å². The predicted octanol–water partition coefficient (Wildman–Crippen LogP) is 1.58. The summed E-state index contributed by atoms with van der Waals surface area (Å²) in [4.78, 5) is 12.6. The van der Waals surface area contributed by atoms with E-state index >= 15 is 0 Å². The second kappa shape index (κ2) is 7.33. The Morgan fingerprint density at radius 2 is 2.00 bits per heavy atom. The van der Waals surface area contributed by atoms with E-state index in [2.05, 4.69) is 17.1 Å². The number of rotatable bonds is 6. The van der Waals surface area contributed by atoms with Gasteiger partial charge in [-0.2, -0.15) is 0 Å². The Hall–Kier alpha value is -1.50. The van der Waals surface area contributed by atoms with Gasteiger partial charge in [-0.3, -0.25) is 15.0 Å². The van der Waals surface area contributed by atoms with Crippen LogP contribution in [0.5, 0.6) is 0 Å². The van der Waals surface area contributed by atoms with E-state index in [0.717, 1.165) is 45.0 Å². The van der Waals surface area contributed by atoms with Crippen LogP contribution in [0.3, 0.4) is 0 Å².